The van der Waals surface area contributed by atoms with Gasteiger partial charge in [-0.3, -0.25) is 20.4 Å². The van der Waals surface area contributed by atoms with Crippen LogP contribution in [0.1, 0.15) is 26.3 Å². The van der Waals surface area contributed by atoms with E-state index >= 15 is 0 Å². The molecule has 6 heteroatoms. The van der Waals surface area contributed by atoms with E-state index in [1.165, 1.54) is 5.56 Å². The highest BCUT2D eigenvalue weighted by Crippen LogP contribution is 2.21. The molecular weight excluding hydrogens is 380 g/mol. The number of benzene rings is 3. The minimum Gasteiger partial charge on any atom is -0.481 e. The third-order valence-corrected chi connectivity index (χ3v) is 4.73. The van der Waals surface area contributed by atoms with Gasteiger partial charge in [-0.1, -0.05) is 49.4 Å². The van der Waals surface area contributed by atoms with E-state index in [1.54, 1.807) is 13.8 Å². The summed E-state index contributed by atoms with van der Waals surface area (Å²) in [6.07, 6.45) is -0.624. The Balaban J connectivity index is 1.48. The quantitative estimate of drug-likeness (QED) is 0.586. The van der Waals surface area contributed by atoms with Gasteiger partial charge in [-0.25, -0.2) is 0 Å². The van der Waals surface area contributed by atoms with Crippen molar-refractivity contribution in [2.24, 2.45) is 0 Å². The zero-order chi connectivity index (χ0) is 21.5. The Morgan fingerprint density at radius 2 is 1.30 bits per heavy atom. The fraction of sp³-hybridized carbons (Fsp3) is 0.250. The molecule has 0 heterocycles. The monoisotopic (exact) mass is 406 g/mol. The van der Waals surface area contributed by atoms with E-state index in [1.807, 2.05) is 66.7 Å². The van der Waals surface area contributed by atoms with E-state index < -0.39 is 24.0 Å². The molecule has 0 saturated heterocycles. The van der Waals surface area contributed by atoms with Gasteiger partial charge in [0.1, 0.15) is 11.5 Å². The Hall–Kier alpha value is -3.54. The zero-order valence-corrected chi connectivity index (χ0v) is 17.3. The molecule has 0 radical (unpaired) electrons. The maximum atomic E-state index is 12.3. The molecule has 2 atom stereocenters. The number of ether oxygens (including phenoxy) is 2. The Labute approximate surface area is 176 Å². The molecule has 30 heavy (non-hydrogen) atoms. The number of fused-ring (bicyclic) bond motifs is 1. The second kappa shape index (κ2) is 9.78. The van der Waals surface area contributed by atoms with Crippen molar-refractivity contribution in [3.8, 4) is 11.5 Å². The van der Waals surface area contributed by atoms with E-state index in [0.29, 0.717) is 11.5 Å². The van der Waals surface area contributed by atoms with Gasteiger partial charge in [0.2, 0.25) is 0 Å². The molecular formula is C24H26N2O4. The minimum atomic E-state index is -0.788. The fourth-order valence-corrected chi connectivity index (χ4v) is 2.89. The maximum Gasteiger partial charge on any atom is 0.279 e. The number of hydrogen-bond donors (Lipinski definition) is 2. The molecule has 3 aromatic carbocycles. The van der Waals surface area contributed by atoms with Crippen LogP contribution in [-0.4, -0.2) is 24.0 Å². The highest BCUT2D eigenvalue weighted by atomic mass is 16.5. The first-order valence-electron chi connectivity index (χ1n) is 9.97. The topological polar surface area (TPSA) is 76.7 Å². The van der Waals surface area contributed by atoms with Crippen molar-refractivity contribution >= 4 is 22.6 Å². The molecule has 0 aliphatic rings. The molecule has 2 amide bonds. The number of hydrazine groups is 1. The first-order chi connectivity index (χ1) is 14.5. The molecule has 0 fully saturated rings. The van der Waals surface area contributed by atoms with Crippen LogP contribution in [0.2, 0.25) is 0 Å². The van der Waals surface area contributed by atoms with E-state index in [0.717, 1.165) is 17.2 Å². The Bertz CT molecular complexity index is 1020. The summed E-state index contributed by atoms with van der Waals surface area (Å²) >= 11 is 0. The molecule has 6 nitrogen and oxygen atoms in total. The lowest BCUT2D eigenvalue weighted by Crippen LogP contribution is -2.50. The largest absolute Gasteiger partial charge is 0.481 e. The van der Waals surface area contributed by atoms with Crippen LogP contribution in [0.15, 0.2) is 66.7 Å². The third kappa shape index (κ3) is 5.50. The number of rotatable bonds is 7. The maximum absolute atomic E-state index is 12.3. The van der Waals surface area contributed by atoms with Crippen LogP contribution in [0.3, 0.4) is 0 Å². The fourth-order valence-electron chi connectivity index (χ4n) is 2.89. The number of carbonyl (C=O) groups excluding carboxylic acids is 2. The Morgan fingerprint density at radius 3 is 1.90 bits per heavy atom. The minimum absolute atomic E-state index is 0.458. The number of carbonyl (C=O) groups is 2. The molecule has 0 aromatic heterocycles. The first-order valence-corrected chi connectivity index (χ1v) is 9.97. The molecule has 0 saturated carbocycles. The smallest absolute Gasteiger partial charge is 0.279 e. The van der Waals surface area contributed by atoms with Crippen LogP contribution in [-0.2, 0) is 16.0 Å². The summed E-state index contributed by atoms with van der Waals surface area (Å²) in [5.41, 5.74) is 5.95. The Kier molecular flexibility index (Phi) is 6.91. The number of nitrogens with one attached hydrogen (secondary N) is 2. The van der Waals surface area contributed by atoms with Crippen molar-refractivity contribution in [2.45, 2.75) is 39.4 Å². The van der Waals surface area contributed by atoms with Crippen LogP contribution in [0, 0.1) is 0 Å². The summed E-state index contributed by atoms with van der Waals surface area (Å²) in [6, 6.07) is 21.1. The second-order valence-electron chi connectivity index (χ2n) is 7.01. The third-order valence-electron chi connectivity index (χ3n) is 4.73. The van der Waals surface area contributed by atoms with Crippen molar-refractivity contribution in [3.63, 3.8) is 0 Å². The van der Waals surface area contributed by atoms with Gasteiger partial charge in [0.25, 0.3) is 11.8 Å². The van der Waals surface area contributed by atoms with E-state index in [9.17, 15) is 9.59 Å². The summed E-state index contributed by atoms with van der Waals surface area (Å²) in [6.45, 7) is 5.30. The number of aryl methyl sites for hydroxylation is 1. The SMILES string of the molecule is CCc1ccc(O[C@H](C)C(=O)NNC(=O)[C@@H](C)Oc2ccc3ccccc3c2)cc1. The van der Waals surface area contributed by atoms with Crippen LogP contribution in [0.4, 0.5) is 0 Å². The van der Waals surface area contributed by atoms with Crippen LogP contribution >= 0.6 is 0 Å². The van der Waals surface area contributed by atoms with Gasteiger partial charge in [-0.2, -0.15) is 0 Å². The van der Waals surface area contributed by atoms with E-state index in [-0.39, 0.29) is 0 Å². The molecule has 0 unspecified atom stereocenters. The van der Waals surface area contributed by atoms with Crippen LogP contribution in [0.5, 0.6) is 11.5 Å². The van der Waals surface area contributed by atoms with Gasteiger partial charge in [-0.15, -0.1) is 0 Å². The molecule has 2 N–H and O–H groups in total. The van der Waals surface area contributed by atoms with Crippen molar-refractivity contribution in [1.82, 2.24) is 10.9 Å². The highest BCUT2D eigenvalue weighted by Gasteiger charge is 2.19. The van der Waals surface area contributed by atoms with Crippen molar-refractivity contribution in [2.75, 3.05) is 0 Å². The van der Waals surface area contributed by atoms with Crippen molar-refractivity contribution in [1.29, 1.82) is 0 Å². The van der Waals surface area contributed by atoms with Gasteiger partial charge < -0.3 is 9.47 Å². The summed E-state index contributed by atoms with van der Waals surface area (Å²) in [5, 5.41) is 2.11. The van der Waals surface area contributed by atoms with Crippen LogP contribution in [0.25, 0.3) is 10.8 Å². The first kappa shape index (κ1) is 21.2. The Morgan fingerprint density at radius 1 is 0.767 bits per heavy atom. The summed E-state index contributed by atoms with van der Waals surface area (Å²) < 4.78 is 11.3. The predicted octanol–water partition coefficient (Wildman–Crippen LogP) is 3.78. The zero-order valence-electron chi connectivity index (χ0n) is 17.3. The summed E-state index contributed by atoms with van der Waals surface area (Å²) in [5.74, 6) is 0.251. The average molecular weight is 406 g/mol. The lowest BCUT2D eigenvalue weighted by Gasteiger charge is -2.18. The molecule has 3 aromatic rings. The predicted molar refractivity (Wildman–Crippen MR) is 116 cm³/mol. The standard InChI is InChI=1S/C24H26N2O4/c1-4-18-9-12-21(13-10-18)29-16(2)23(27)25-26-24(28)17(3)30-22-14-11-19-7-5-6-8-20(19)15-22/h5-17H,4H2,1-3H3,(H,25,27)(H,26,28)/t16-,17-/m1/s1. The van der Waals surface area contributed by atoms with Crippen molar-refractivity contribution < 1.29 is 19.1 Å². The molecule has 0 bridgehead atoms. The van der Waals surface area contributed by atoms with Crippen LogP contribution < -0.4 is 20.3 Å². The summed E-state index contributed by atoms with van der Waals surface area (Å²) in [7, 11) is 0. The average Bonchev–Trinajstić information content (AvgIpc) is 2.77. The van der Waals surface area contributed by atoms with Gasteiger partial charge >= 0.3 is 0 Å². The normalized spacial score (nSPS) is 12.6. The highest BCUT2D eigenvalue weighted by molar-refractivity contribution is 5.87. The molecule has 3 rings (SSSR count). The lowest BCUT2D eigenvalue weighted by atomic mass is 10.1. The number of amides is 2. The second-order valence-corrected chi connectivity index (χ2v) is 7.01. The van der Waals surface area contributed by atoms with Gasteiger partial charge in [0.15, 0.2) is 12.2 Å². The van der Waals surface area contributed by atoms with Gasteiger partial charge in [0.05, 0.1) is 0 Å². The number of hydrogen-bond acceptors (Lipinski definition) is 4. The summed E-state index contributed by atoms with van der Waals surface area (Å²) in [4.78, 5) is 24.5. The molecule has 0 spiro atoms. The van der Waals surface area contributed by atoms with E-state index in [2.05, 4.69) is 17.8 Å². The molecule has 0 aliphatic carbocycles. The molecule has 0 aliphatic heterocycles. The van der Waals surface area contributed by atoms with E-state index in [4.69, 9.17) is 9.47 Å². The van der Waals surface area contributed by atoms with Gasteiger partial charge in [0, 0.05) is 0 Å². The van der Waals surface area contributed by atoms with Gasteiger partial charge in [-0.05, 0) is 60.9 Å². The van der Waals surface area contributed by atoms with Crippen molar-refractivity contribution in [3.05, 3.63) is 72.3 Å². The molecule has 156 valence electrons. The lowest BCUT2D eigenvalue weighted by molar-refractivity contribution is -0.135.